The zero-order chi connectivity index (χ0) is 28.6. The van der Waals surface area contributed by atoms with Gasteiger partial charge in [0.25, 0.3) is 0 Å². The van der Waals surface area contributed by atoms with Gasteiger partial charge in [-0.3, -0.25) is 13.9 Å². The summed E-state index contributed by atoms with van der Waals surface area (Å²) in [7, 11) is -2.06. The van der Waals surface area contributed by atoms with Crippen molar-refractivity contribution in [3.8, 4) is 0 Å². The maximum Gasteiger partial charge on any atom is 0.242 e. The van der Waals surface area contributed by atoms with Crippen LogP contribution in [0.4, 0.5) is 10.1 Å². The Labute approximate surface area is 230 Å². The molecule has 0 saturated carbocycles. The van der Waals surface area contributed by atoms with Crippen LogP contribution in [0.15, 0.2) is 72.8 Å². The fraction of sp³-hybridized carbons (Fsp3) is 0.333. The molecule has 1 unspecified atom stereocenters. The highest BCUT2D eigenvalue weighted by atomic mass is 32.2. The Bertz CT molecular complexity index is 1380. The van der Waals surface area contributed by atoms with E-state index in [0.29, 0.717) is 17.7 Å². The first-order valence-corrected chi connectivity index (χ1v) is 14.7. The Balaban J connectivity index is 1.84. The Kier molecular flexibility index (Phi) is 10.2. The topological polar surface area (TPSA) is 86.8 Å². The van der Waals surface area contributed by atoms with Gasteiger partial charge in [-0.1, -0.05) is 48.5 Å². The van der Waals surface area contributed by atoms with Crippen molar-refractivity contribution in [2.24, 2.45) is 0 Å². The van der Waals surface area contributed by atoms with Gasteiger partial charge in [-0.05, 0) is 66.8 Å². The van der Waals surface area contributed by atoms with E-state index in [0.717, 1.165) is 22.9 Å². The SMILES string of the molecule is CNC(=O)C(Cc1ccccc1)N(Cc1ccc(F)cc1)C(=O)CCCN(c1ccc(C)c(C)c1)S(C)(=O)=O. The number of anilines is 1. The third-order valence-electron chi connectivity index (χ3n) is 6.71. The molecule has 1 N–H and O–H groups in total. The number of hydrogen-bond donors (Lipinski definition) is 1. The second-order valence-electron chi connectivity index (χ2n) is 9.68. The molecule has 0 aliphatic rings. The minimum Gasteiger partial charge on any atom is -0.357 e. The normalized spacial score (nSPS) is 12.0. The molecule has 9 heteroatoms. The van der Waals surface area contributed by atoms with E-state index in [9.17, 15) is 22.4 Å². The number of likely N-dealkylation sites (N-methyl/N-ethyl adjacent to an activating group) is 1. The lowest BCUT2D eigenvalue weighted by molar-refractivity contribution is -0.141. The van der Waals surface area contributed by atoms with Crippen LogP contribution < -0.4 is 9.62 Å². The average Bonchev–Trinajstić information content (AvgIpc) is 2.90. The van der Waals surface area contributed by atoms with Crippen LogP contribution in [0.3, 0.4) is 0 Å². The van der Waals surface area contributed by atoms with Crippen molar-refractivity contribution in [2.45, 2.75) is 45.7 Å². The van der Waals surface area contributed by atoms with E-state index in [1.165, 1.54) is 28.4 Å². The Morgan fingerprint density at radius 2 is 1.59 bits per heavy atom. The van der Waals surface area contributed by atoms with Gasteiger partial charge in [0.1, 0.15) is 11.9 Å². The number of benzene rings is 3. The van der Waals surface area contributed by atoms with Gasteiger partial charge >= 0.3 is 0 Å². The van der Waals surface area contributed by atoms with Crippen LogP contribution in [0.5, 0.6) is 0 Å². The summed E-state index contributed by atoms with van der Waals surface area (Å²) < 4.78 is 40.0. The summed E-state index contributed by atoms with van der Waals surface area (Å²) in [6.07, 6.45) is 1.72. The molecular formula is C30H36FN3O4S. The van der Waals surface area contributed by atoms with E-state index in [1.54, 1.807) is 18.2 Å². The van der Waals surface area contributed by atoms with Gasteiger partial charge in [-0.25, -0.2) is 12.8 Å². The molecule has 3 aromatic carbocycles. The second kappa shape index (κ2) is 13.4. The average molecular weight is 554 g/mol. The molecule has 0 spiro atoms. The van der Waals surface area contributed by atoms with Crippen molar-refractivity contribution in [3.05, 3.63) is 101 Å². The zero-order valence-electron chi connectivity index (χ0n) is 22.9. The molecule has 7 nitrogen and oxygen atoms in total. The van der Waals surface area contributed by atoms with Crippen LogP contribution in [-0.4, -0.2) is 51.0 Å². The summed E-state index contributed by atoms with van der Waals surface area (Å²) in [5, 5.41) is 2.66. The van der Waals surface area contributed by atoms with Gasteiger partial charge < -0.3 is 10.2 Å². The largest absolute Gasteiger partial charge is 0.357 e. The molecule has 0 bridgehead atoms. The smallest absolute Gasteiger partial charge is 0.242 e. The monoisotopic (exact) mass is 553 g/mol. The summed E-state index contributed by atoms with van der Waals surface area (Å²) in [6, 6.07) is 19.9. The van der Waals surface area contributed by atoms with E-state index in [-0.39, 0.29) is 37.7 Å². The number of sulfonamides is 1. The molecule has 208 valence electrons. The maximum atomic E-state index is 13.6. The molecule has 39 heavy (non-hydrogen) atoms. The van der Waals surface area contributed by atoms with Gasteiger partial charge in [-0.15, -0.1) is 0 Å². The molecule has 0 radical (unpaired) electrons. The van der Waals surface area contributed by atoms with Crippen LogP contribution in [0, 0.1) is 19.7 Å². The van der Waals surface area contributed by atoms with Gasteiger partial charge in [-0.2, -0.15) is 0 Å². The summed E-state index contributed by atoms with van der Waals surface area (Å²) in [4.78, 5) is 28.1. The zero-order valence-corrected chi connectivity index (χ0v) is 23.7. The van der Waals surface area contributed by atoms with Crippen molar-refractivity contribution in [1.29, 1.82) is 0 Å². The number of amides is 2. The number of carbonyl (C=O) groups excluding carboxylic acids is 2. The highest BCUT2D eigenvalue weighted by Gasteiger charge is 2.30. The van der Waals surface area contributed by atoms with Gasteiger partial charge in [0.15, 0.2) is 0 Å². The molecule has 0 aliphatic carbocycles. The molecule has 3 aromatic rings. The molecule has 0 aliphatic heterocycles. The first-order chi connectivity index (χ1) is 18.5. The molecule has 1 atom stereocenters. The van der Waals surface area contributed by atoms with E-state index < -0.39 is 21.9 Å². The highest BCUT2D eigenvalue weighted by Crippen LogP contribution is 2.23. The van der Waals surface area contributed by atoms with E-state index in [4.69, 9.17) is 0 Å². The highest BCUT2D eigenvalue weighted by molar-refractivity contribution is 7.92. The number of halogens is 1. The van der Waals surface area contributed by atoms with E-state index in [1.807, 2.05) is 56.3 Å². The van der Waals surface area contributed by atoms with Gasteiger partial charge in [0, 0.05) is 33.0 Å². The van der Waals surface area contributed by atoms with Gasteiger partial charge in [0.2, 0.25) is 21.8 Å². The number of nitrogens with one attached hydrogen (secondary N) is 1. The van der Waals surface area contributed by atoms with E-state index >= 15 is 0 Å². The van der Waals surface area contributed by atoms with Crippen molar-refractivity contribution in [1.82, 2.24) is 10.2 Å². The Morgan fingerprint density at radius 1 is 0.923 bits per heavy atom. The van der Waals surface area contributed by atoms with Gasteiger partial charge in [0.05, 0.1) is 11.9 Å². The fourth-order valence-corrected chi connectivity index (χ4v) is 5.35. The van der Waals surface area contributed by atoms with Crippen molar-refractivity contribution < 1.29 is 22.4 Å². The molecule has 2 amide bonds. The molecule has 0 aromatic heterocycles. The lowest BCUT2D eigenvalue weighted by atomic mass is 10.0. The molecule has 0 fully saturated rings. The second-order valence-corrected chi connectivity index (χ2v) is 11.6. The quantitative estimate of drug-likeness (QED) is 0.361. The number of rotatable bonds is 12. The standard InChI is InChI=1S/C30H36FN3O4S/c1-22-12-17-27(19-23(22)2)34(39(4,37)38)18-8-11-29(35)33(21-25-13-15-26(31)16-14-25)28(30(36)32-3)20-24-9-6-5-7-10-24/h5-7,9-10,12-17,19,28H,8,11,18,20-21H2,1-4H3,(H,32,36). The van der Waals surface area contributed by atoms with Crippen LogP contribution >= 0.6 is 0 Å². The molecule has 0 saturated heterocycles. The number of carbonyl (C=O) groups is 2. The molecule has 0 heterocycles. The van der Waals surface area contributed by atoms with Crippen LogP contribution in [0.2, 0.25) is 0 Å². The number of nitrogens with zero attached hydrogens (tertiary/aromatic N) is 2. The predicted molar refractivity (Wildman–Crippen MR) is 152 cm³/mol. The van der Waals surface area contributed by atoms with Crippen molar-refractivity contribution in [2.75, 3.05) is 24.2 Å². The molecular weight excluding hydrogens is 517 g/mol. The minimum absolute atomic E-state index is 0.0281. The summed E-state index contributed by atoms with van der Waals surface area (Å²) in [5.74, 6) is -1.00. The van der Waals surface area contributed by atoms with Crippen LogP contribution in [0.25, 0.3) is 0 Å². The van der Waals surface area contributed by atoms with E-state index in [2.05, 4.69) is 5.32 Å². The van der Waals surface area contributed by atoms with Crippen LogP contribution in [-0.2, 0) is 32.6 Å². The third-order valence-corrected chi connectivity index (χ3v) is 7.91. The first-order valence-electron chi connectivity index (χ1n) is 12.8. The Hall–Kier alpha value is -3.72. The predicted octanol–water partition coefficient (Wildman–Crippen LogP) is 4.37. The first kappa shape index (κ1) is 29.8. The number of aryl methyl sites for hydroxylation is 2. The molecule has 3 rings (SSSR count). The summed E-state index contributed by atoms with van der Waals surface area (Å²) in [5.41, 5.74) is 4.14. The van der Waals surface area contributed by atoms with Crippen molar-refractivity contribution in [3.63, 3.8) is 0 Å². The fourth-order valence-electron chi connectivity index (χ4n) is 4.39. The number of hydrogen-bond acceptors (Lipinski definition) is 4. The Morgan fingerprint density at radius 3 is 2.18 bits per heavy atom. The lowest BCUT2D eigenvalue weighted by Crippen LogP contribution is -2.49. The summed E-state index contributed by atoms with van der Waals surface area (Å²) in [6.45, 7) is 4.09. The minimum atomic E-state index is -3.58. The third kappa shape index (κ3) is 8.38. The summed E-state index contributed by atoms with van der Waals surface area (Å²) >= 11 is 0. The maximum absolute atomic E-state index is 13.6. The lowest BCUT2D eigenvalue weighted by Gasteiger charge is -2.31. The van der Waals surface area contributed by atoms with Crippen LogP contribution in [0.1, 0.15) is 35.1 Å². The van der Waals surface area contributed by atoms with Crippen molar-refractivity contribution >= 4 is 27.5 Å².